The van der Waals surface area contributed by atoms with E-state index < -0.39 is 0 Å². The molecule has 154 valence electrons. The van der Waals surface area contributed by atoms with Crippen LogP contribution in [0.25, 0.3) is 0 Å². The molecular formula is C22H30N6O. The average molecular weight is 395 g/mol. The van der Waals surface area contributed by atoms with Gasteiger partial charge >= 0.3 is 0 Å². The second-order valence-electron chi connectivity index (χ2n) is 8.16. The first-order valence-electron chi connectivity index (χ1n) is 10.2. The summed E-state index contributed by atoms with van der Waals surface area (Å²) in [6.07, 6.45) is 3.35. The summed E-state index contributed by atoms with van der Waals surface area (Å²) in [4.78, 5) is 25.6. The second-order valence-corrected chi connectivity index (χ2v) is 8.16. The molecule has 1 unspecified atom stereocenters. The number of amides is 1. The molecule has 0 saturated carbocycles. The molecule has 2 aliphatic rings. The number of hydrogen-bond acceptors (Lipinski definition) is 6. The molecule has 0 bridgehead atoms. The van der Waals surface area contributed by atoms with E-state index in [-0.39, 0.29) is 11.9 Å². The number of nitrogens with zero attached hydrogens (tertiary/aromatic N) is 5. The van der Waals surface area contributed by atoms with E-state index in [1.807, 2.05) is 13.0 Å². The van der Waals surface area contributed by atoms with Crippen LogP contribution < -0.4 is 10.2 Å². The molecule has 1 N–H and O–H groups in total. The van der Waals surface area contributed by atoms with Gasteiger partial charge in [-0.15, -0.1) is 0 Å². The van der Waals surface area contributed by atoms with Crippen LogP contribution in [0.3, 0.4) is 0 Å². The van der Waals surface area contributed by atoms with Crippen LogP contribution in [0.4, 0.5) is 17.1 Å². The molecule has 0 aromatic heterocycles. The summed E-state index contributed by atoms with van der Waals surface area (Å²) in [6.45, 7) is 11.3. The maximum Gasteiger partial charge on any atom is 0.220 e. The van der Waals surface area contributed by atoms with E-state index in [0.29, 0.717) is 41.7 Å². The van der Waals surface area contributed by atoms with Gasteiger partial charge in [0.1, 0.15) is 17.4 Å². The van der Waals surface area contributed by atoms with Gasteiger partial charge in [-0.05, 0) is 57.6 Å². The van der Waals surface area contributed by atoms with Gasteiger partial charge in [-0.25, -0.2) is 0 Å². The number of nitriles is 1. The molecule has 3 rings (SSSR count). The molecule has 3 atom stereocenters. The zero-order valence-electron chi connectivity index (χ0n) is 17.6. The number of aliphatic imine (C=N–C) groups is 2. The predicted octanol–water partition coefficient (Wildman–Crippen LogP) is 2.90. The van der Waals surface area contributed by atoms with Gasteiger partial charge in [0.15, 0.2) is 0 Å². The summed E-state index contributed by atoms with van der Waals surface area (Å²) in [7, 11) is 2.11. The first-order chi connectivity index (χ1) is 14.0. The number of rotatable bonds is 6. The quantitative estimate of drug-likeness (QED) is 0.752. The third-order valence-electron chi connectivity index (χ3n) is 5.93. The lowest BCUT2D eigenvalue weighted by Gasteiger charge is -2.22. The van der Waals surface area contributed by atoms with Crippen LogP contribution in [-0.2, 0) is 4.79 Å². The highest BCUT2D eigenvalue weighted by Crippen LogP contribution is 2.41. The molecule has 29 heavy (non-hydrogen) atoms. The highest BCUT2D eigenvalue weighted by Gasteiger charge is 2.33. The molecular weight excluding hydrogens is 364 g/mol. The lowest BCUT2D eigenvalue weighted by atomic mass is 10.0. The Balaban J connectivity index is 1.72. The van der Waals surface area contributed by atoms with Crippen LogP contribution in [0.2, 0.25) is 0 Å². The van der Waals surface area contributed by atoms with E-state index >= 15 is 0 Å². The number of likely N-dealkylation sites (tertiary alicyclic amines) is 1. The Labute approximate surface area is 173 Å². The van der Waals surface area contributed by atoms with Crippen LogP contribution in [0.5, 0.6) is 0 Å². The van der Waals surface area contributed by atoms with Crippen molar-refractivity contribution in [3.05, 3.63) is 17.7 Å². The largest absolute Gasteiger partial charge is 0.367 e. The first-order valence-corrected chi connectivity index (χ1v) is 10.2. The number of benzene rings is 1. The minimum atomic E-state index is 0.0908. The number of hydrogen-bond donors (Lipinski definition) is 1. The number of carbonyl (C=O) groups excluding carboxylic acids is 1. The van der Waals surface area contributed by atoms with E-state index in [0.717, 1.165) is 31.7 Å². The third-order valence-corrected chi connectivity index (χ3v) is 5.93. The van der Waals surface area contributed by atoms with Crippen molar-refractivity contribution >= 4 is 35.9 Å². The van der Waals surface area contributed by atoms with E-state index in [2.05, 4.69) is 51.9 Å². The fourth-order valence-electron chi connectivity index (χ4n) is 4.40. The topological polar surface area (TPSA) is 84.1 Å². The molecule has 2 heterocycles. The van der Waals surface area contributed by atoms with Gasteiger partial charge in [0.05, 0.1) is 17.3 Å². The minimum Gasteiger partial charge on any atom is -0.367 e. The Bertz CT molecular complexity index is 842. The van der Waals surface area contributed by atoms with Crippen LogP contribution in [0.1, 0.15) is 32.3 Å². The number of anilines is 1. The molecule has 2 saturated heterocycles. The Morgan fingerprint density at radius 1 is 1.38 bits per heavy atom. The molecule has 1 aromatic rings. The van der Waals surface area contributed by atoms with Gasteiger partial charge < -0.3 is 15.1 Å². The van der Waals surface area contributed by atoms with Crippen molar-refractivity contribution in [3.63, 3.8) is 0 Å². The van der Waals surface area contributed by atoms with Crippen LogP contribution in [0.15, 0.2) is 22.1 Å². The SMILES string of the molecule is C=Nc1c(N2C[C@@H](C)[C@@H](NC(=O)CC3CCN(C)C3)C2)ccc(C#N)c1/N=C\C. The molecule has 1 amide bonds. The van der Waals surface area contributed by atoms with Crippen LogP contribution in [0, 0.1) is 23.2 Å². The number of carbonyl (C=O) groups is 1. The Morgan fingerprint density at radius 3 is 2.79 bits per heavy atom. The van der Waals surface area contributed by atoms with Crippen molar-refractivity contribution in [2.24, 2.45) is 21.8 Å². The molecule has 0 aliphatic carbocycles. The Kier molecular flexibility index (Phi) is 6.65. The second kappa shape index (κ2) is 9.19. The normalized spacial score (nSPS) is 24.8. The van der Waals surface area contributed by atoms with Crippen molar-refractivity contribution in [1.29, 1.82) is 5.26 Å². The van der Waals surface area contributed by atoms with Gasteiger partial charge in [0, 0.05) is 32.3 Å². The molecule has 0 radical (unpaired) electrons. The summed E-state index contributed by atoms with van der Waals surface area (Å²) >= 11 is 0. The summed E-state index contributed by atoms with van der Waals surface area (Å²) in [5, 5.41) is 12.6. The molecule has 7 heteroatoms. The van der Waals surface area contributed by atoms with Crippen molar-refractivity contribution in [2.45, 2.75) is 32.7 Å². The lowest BCUT2D eigenvalue weighted by molar-refractivity contribution is -0.122. The van der Waals surface area contributed by atoms with E-state index in [1.54, 1.807) is 12.3 Å². The Hall–Kier alpha value is -2.72. The monoisotopic (exact) mass is 394 g/mol. The van der Waals surface area contributed by atoms with Gasteiger partial charge in [-0.1, -0.05) is 6.92 Å². The lowest BCUT2D eigenvalue weighted by Crippen LogP contribution is -2.40. The van der Waals surface area contributed by atoms with Crippen molar-refractivity contribution in [2.75, 3.05) is 38.1 Å². The summed E-state index contributed by atoms with van der Waals surface area (Å²) in [5.41, 5.74) is 2.55. The van der Waals surface area contributed by atoms with E-state index in [4.69, 9.17) is 0 Å². The van der Waals surface area contributed by atoms with E-state index in [9.17, 15) is 10.1 Å². The zero-order chi connectivity index (χ0) is 21.0. The van der Waals surface area contributed by atoms with Crippen molar-refractivity contribution in [3.8, 4) is 6.07 Å². The highest BCUT2D eigenvalue weighted by atomic mass is 16.1. The predicted molar refractivity (Wildman–Crippen MR) is 118 cm³/mol. The van der Waals surface area contributed by atoms with Crippen molar-refractivity contribution in [1.82, 2.24) is 10.2 Å². The van der Waals surface area contributed by atoms with Crippen LogP contribution in [-0.4, -0.2) is 63.0 Å². The first kappa shape index (κ1) is 21.0. The van der Waals surface area contributed by atoms with Crippen molar-refractivity contribution < 1.29 is 4.79 Å². The average Bonchev–Trinajstić information content (AvgIpc) is 3.26. The number of nitrogens with one attached hydrogen (secondary N) is 1. The maximum absolute atomic E-state index is 12.6. The molecule has 2 aliphatic heterocycles. The maximum atomic E-state index is 12.6. The molecule has 0 spiro atoms. The zero-order valence-corrected chi connectivity index (χ0v) is 17.6. The molecule has 2 fully saturated rings. The standard InChI is InChI=1S/C22H30N6O/c1-5-25-21-17(11-23)6-7-19(22(21)24-3)28-12-15(2)18(14-28)26-20(29)10-16-8-9-27(4)13-16/h5-7,15-16,18H,3,8-10,12-14H2,1-2,4H3,(H,26,29)/b25-5-/t15-,16?,18+/m1/s1. The molecule has 7 nitrogen and oxygen atoms in total. The molecule has 1 aromatic carbocycles. The highest BCUT2D eigenvalue weighted by molar-refractivity contribution is 5.86. The third kappa shape index (κ3) is 4.65. The smallest absolute Gasteiger partial charge is 0.220 e. The van der Waals surface area contributed by atoms with E-state index in [1.165, 1.54) is 0 Å². The Morgan fingerprint density at radius 2 is 2.17 bits per heavy atom. The summed E-state index contributed by atoms with van der Waals surface area (Å²) in [6, 6.07) is 5.95. The summed E-state index contributed by atoms with van der Waals surface area (Å²) < 4.78 is 0. The minimum absolute atomic E-state index is 0.0908. The fraction of sp³-hybridized carbons (Fsp3) is 0.545. The van der Waals surface area contributed by atoms with Gasteiger partial charge in [-0.2, -0.15) is 5.26 Å². The van der Waals surface area contributed by atoms with Gasteiger partial charge in [0.2, 0.25) is 5.91 Å². The summed E-state index contributed by atoms with van der Waals surface area (Å²) in [5.74, 6) is 0.913. The van der Waals surface area contributed by atoms with Crippen LogP contribution >= 0.6 is 0 Å². The fourth-order valence-corrected chi connectivity index (χ4v) is 4.40. The van der Waals surface area contributed by atoms with Gasteiger partial charge in [0.25, 0.3) is 0 Å². The van der Waals surface area contributed by atoms with Gasteiger partial charge in [-0.3, -0.25) is 14.8 Å².